The number of nitrogens with zero attached hydrogens (tertiary/aromatic N) is 3. The molecule has 1 rings (SSSR count). The van der Waals surface area contributed by atoms with Gasteiger partial charge in [-0.1, -0.05) is 44.7 Å². The van der Waals surface area contributed by atoms with E-state index < -0.39 is 49.1 Å². The van der Waals surface area contributed by atoms with Crippen molar-refractivity contribution in [2.75, 3.05) is 30.0 Å². The lowest BCUT2D eigenvalue weighted by Gasteiger charge is -2.25. The maximum absolute atomic E-state index is 12.5. The first-order chi connectivity index (χ1) is 20.0. The number of thioether (sulfide) groups is 1. The Morgan fingerprint density at radius 1 is 0.976 bits per heavy atom. The number of esters is 2. The molecule has 0 fully saturated rings. The molecule has 15 nitrogen and oxygen atoms in total. The van der Waals surface area contributed by atoms with E-state index in [-0.39, 0.29) is 48.8 Å². The zero-order valence-electron chi connectivity index (χ0n) is 24.3. The Kier molecular flexibility index (Phi) is 19.2. The van der Waals surface area contributed by atoms with Crippen LogP contribution in [0.25, 0.3) is 0 Å². The van der Waals surface area contributed by atoms with E-state index in [4.69, 9.17) is 20.3 Å². The van der Waals surface area contributed by atoms with Gasteiger partial charge in [-0.2, -0.15) is 11.8 Å². The molecule has 0 spiro atoms. The maximum Gasteiger partial charge on any atom is 0.306 e. The monoisotopic (exact) mass is 621 g/mol. The molecule has 1 heterocycles. The Morgan fingerprint density at radius 2 is 1.60 bits per heavy atom. The average Bonchev–Trinajstić information content (AvgIpc) is 3.40. The summed E-state index contributed by atoms with van der Waals surface area (Å²) >= 11 is 1.26. The van der Waals surface area contributed by atoms with E-state index in [1.807, 2.05) is 13.8 Å². The van der Waals surface area contributed by atoms with Gasteiger partial charge in [-0.15, -0.1) is 5.10 Å². The number of nitrogens with one attached hydrogen (secondary N) is 1. The highest BCUT2D eigenvalue weighted by Crippen LogP contribution is 2.13. The molecule has 0 saturated heterocycles. The van der Waals surface area contributed by atoms with Crippen molar-refractivity contribution in [3.63, 3.8) is 0 Å². The van der Waals surface area contributed by atoms with Gasteiger partial charge < -0.3 is 46.1 Å². The van der Waals surface area contributed by atoms with Crippen LogP contribution in [-0.2, 0) is 30.4 Å². The van der Waals surface area contributed by atoms with Crippen molar-refractivity contribution in [1.29, 1.82) is 0 Å². The van der Waals surface area contributed by atoms with E-state index in [0.717, 1.165) is 36.8 Å². The van der Waals surface area contributed by atoms with Gasteiger partial charge in [0.25, 0.3) is 0 Å². The average molecular weight is 622 g/mol. The van der Waals surface area contributed by atoms with Crippen molar-refractivity contribution in [2.45, 2.75) is 108 Å². The van der Waals surface area contributed by atoms with Crippen LogP contribution in [0.4, 0.5) is 5.82 Å². The Hall–Kier alpha value is -2.34. The highest BCUT2D eigenvalue weighted by molar-refractivity contribution is 7.99. The molecule has 0 aliphatic heterocycles. The summed E-state index contributed by atoms with van der Waals surface area (Å²) in [7, 11) is 0. The molecule has 242 valence electrons. The van der Waals surface area contributed by atoms with Crippen LogP contribution in [0.2, 0.25) is 0 Å². The zero-order valence-corrected chi connectivity index (χ0v) is 25.2. The highest BCUT2D eigenvalue weighted by Gasteiger charge is 2.30. The summed E-state index contributed by atoms with van der Waals surface area (Å²) in [6, 6.07) is -0.972. The molecule has 0 radical (unpaired) electrons. The van der Waals surface area contributed by atoms with E-state index in [2.05, 4.69) is 15.6 Å². The quantitative estimate of drug-likeness (QED) is 0.0592. The smallest absolute Gasteiger partial charge is 0.306 e. The molecule has 6 unspecified atom stereocenters. The number of unbranched alkanes of at least 4 members (excludes halogenated alkanes) is 4. The van der Waals surface area contributed by atoms with Gasteiger partial charge >= 0.3 is 11.9 Å². The molecule has 6 atom stereocenters. The molecule has 1 aromatic rings. The van der Waals surface area contributed by atoms with E-state index in [9.17, 15) is 34.8 Å². The molecule has 0 aromatic carbocycles. The number of hydrogen-bond acceptors (Lipinski definition) is 14. The van der Waals surface area contributed by atoms with Crippen LogP contribution in [0.15, 0.2) is 6.20 Å². The molecule has 0 aliphatic rings. The van der Waals surface area contributed by atoms with Crippen LogP contribution >= 0.6 is 11.8 Å². The van der Waals surface area contributed by atoms with Gasteiger partial charge in [0.2, 0.25) is 5.91 Å². The van der Waals surface area contributed by atoms with Gasteiger partial charge in [0.05, 0.1) is 25.4 Å². The van der Waals surface area contributed by atoms with Gasteiger partial charge in [0, 0.05) is 24.3 Å². The molecular formula is C26H47N5O10S. The fourth-order valence-corrected chi connectivity index (χ4v) is 4.56. The lowest BCUT2D eigenvalue weighted by Crippen LogP contribution is -2.47. The third-order valence-corrected chi connectivity index (χ3v) is 7.33. The summed E-state index contributed by atoms with van der Waals surface area (Å²) in [6.45, 7) is 2.84. The Morgan fingerprint density at radius 3 is 2.21 bits per heavy atom. The van der Waals surface area contributed by atoms with Gasteiger partial charge in [-0.05, 0) is 12.8 Å². The maximum atomic E-state index is 12.5. The number of ether oxygens (including phenoxy) is 2. The van der Waals surface area contributed by atoms with E-state index >= 15 is 0 Å². The van der Waals surface area contributed by atoms with Crippen LogP contribution in [0.1, 0.15) is 65.2 Å². The van der Waals surface area contributed by atoms with Crippen molar-refractivity contribution in [3.05, 3.63) is 6.20 Å². The number of aromatic nitrogens is 3. The minimum absolute atomic E-state index is 0.0203. The fourth-order valence-electron chi connectivity index (χ4n) is 3.59. The molecule has 1 aromatic heterocycles. The molecule has 0 bridgehead atoms. The molecule has 0 saturated carbocycles. The molecule has 0 aliphatic carbocycles. The van der Waals surface area contributed by atoms with E-state index in [1.54, 1.807) is 0 Å². The summed E-state index contributed by atoms with van der Waals surface area (Å²) < 4.78 is 11.9. The van der Waals surface area contributed by atoms with Crippen molar-refractivity contribution >= 4 is 35.4 Å². The second kappa shape index (κ2) is 21.4. The minimum atomic E-state index is -1.79. The number of aliphatic hydroxyl groups excluding tert-OH is 5. The van der Waals surface area contributed by atoms with E-state index in [0.29, 0.717) is 12.8 Å². The number of carbonyl (C=O) groups excluding carboxylic acids is 3. The molecule has 8 N–H and O–H groups in total. The first-order valence-corrected chi connectivity index (χ1v) is 15.4. The van der Waals surface area contributed by atoms with Gasteiger partial charge in [0.15, 0.2) is 5.82 Å². The third-order valence-electron chi connectivity index (χ3n) is 6.12. The summed E-state index contributed by atoms with van der Waals surface area (Å²) in [5, 5.41) is 58.0. The largest absolute Gasteiger partial charge is 0.462 e. The fraction of sp³-hybridized carbons (Fsp3) is 0.808. The van der Waals surface area contributed by atoms with Crippen LogP contribution < -0.4 is 11.1 Å². The number of hydrogen-bond donors (Lipinski definition) is 7. The second-order valence-corrected chi connectivity index (χ2v) is 11.0. The lowest BCUT2D eigenvalue weighted by atomic mass is 10.0. The Labute approximate surface area is 250 Å². The van der Waals surface area contributed by atoms with Crippen molar-refractivity contribution in [1.82, 2.24) is 15.0 Å². The van der Waals surface area contributed by atoms with Gasteiger partial charge in [0.1, 0.15) is 37.1 Å². The van der Waals surface area contributed by atoms with Crippen LogP contribution in [-0.4, -0.2) is 120 Å². The molecule has 1 amide bonds. The van der Waals surface area contributed by atoms with Gasteiger partial charge in [-0.25, -0.2) is 4.68 Å². The number of rotatable bonds is 23. The van der Waals surface area contributed by atoms with Crippen molar-refractivity contribution < 1.29 is 49.4 Å². The highest BCUT2D eigenvalue weighted by atomic mass is 32.2. The second-order valence-electron chi connectivity index (χ2n) is 9.97. The number of amides is 1. The van der Waals surface area contributed by atoms with Crippen molar-refractivity contribution in [2.24, 2.45) is 5.73 Å². The normalized spacial score (nSPS) is 15.7. The third kappa shape index (κ3) is 15.2. The number of nitrogens with two attached hydrogens (primary N) is 1. The number of aliphatic hydroxyl groups is 5. The van der Waals surface area contributed by atoms with Gasteiger partial charge in [-0.3, -0.25) is 14.4 Å². The topological polar surface area (TPSA) is 240 Å². The van der Waals surface area contributed by atoms with Crippen LogP contribution in [0.3, 0.4) is 0 Å². The van der Waals surface area contributed by atoms with E-state index in [1.165, 1.54) is 18.0 Å². The molecule has 42 heavy (non-hydrogen) atoms. The summed E-state index contributed by atoms with van der Waals surface area (Å²) in [5.74, 6) is -0.872. The predicted octanol–water partition coefficient (Wildman–Crippen LogP) is -0.671. The number of anilines is 1. The summed E-state index contributed by atoms with van der Waals surface area (Å²) in [4.78, 5) is 36.8. The summed E-state index contributed by atoms with van der Waals surface area (Å²) in [5.41, 5.74) is 6.00. The Balaban J connectivity index is 2.57. The molecular weight excluding hydrogens is 574 g/mol. The molecule has 16 heteroatoms. The minimum Gasteiger partial charge on any atom is -0.462 e. The predicted molar refractivity (Wildman–Crippen MR) is 154 cm³/mol. The first kappa shape index (κ1) is 37.7. The summed E-state index contributed by atoms with van der Waals surface area (Å²) in [6.07, 6.45) is -0.429. The van der Waals surface area contributed by atoms with Crippen LogP contribution in [0.5, 0.6) is 0 Å². The van der Waals surface area contributed by atoms with Crippen LogP contribution in [0, 0.1) is 0 Å². The lowest BCUT2D eigenvalue weighted by molar-refractivity contribution is -0.157. The zero-order chi connectivity index (χ0) is 31.5. The Bertz CT molecular complexity index is 924. The standard InChI is InChI=1S/C26H47N5O10S/c1-3-5-7-9-22(35)40-14-17(41-23(36)10-8-6-4-2)15-42-16-18(27)26(39)28-21-12-31(30-29-21)11-19(33)24(37)25(38)20(34)13-32/h12,17-20,24-25,32-34,37-38H,3-11,13-16,27H2,1-2H3,(H,28,39). The first-order valence-electron chi connectivity index (χ1n) is 14.2. The van der Waals surface area contributed by atoms with Crippen molar-refractivity contribution in [3.8, 4) is 0 Å². The number of carbonyl (C=O) groups is 3. The SMILES string of the molecule is CCCCCC(=O)OCC(CSCC(N)C(=O)Nc1cn(CC(O)C(O)C(O)C(O)CO)nn1)OC(=O)CCCCC.